The first-order valence-electron chi connectivity index (χ1n) is 14.3. The third-order valence-electron chi connectivity index (χ3n) is 12.5. The van der Waals surface area contributed by atoms with Crippen molar-refractivity contribution in [1.29, 1.82) is 0 Å². The lowest BCUT2D eigenvalue weighted by molar-refractivity contribution is -0.274. The normalized spacial score (nSPS) is 51.2. The molecule has 4 aliphatic rings. The smallest absolute Gasteiger partial charge is 0.0651 e. The second kappa shape index (κ2) is 8.40. The quantitative estimate of drug-likeness (QED) is 0.382. The van der Waals surface area contributed by atoms with E-state index in [1.165, 1.54) is 0 Å². The fourth-order valence-electron chi connectivity index (χ4n) is 10.7. The molecular formula is C30H54O5. The van der Waals surface area contributed by atoms with E-state index in [4.69, 9.17) is 0 Å². The van der Waals surface area contributed by atoms with Crippen molar-refractivity contribution in [3.63, 3.8) is 0 Å². The van der Waals surface area contributed by atoms with E-state index in [2.05, 4.69) is 34.6 Å². The Morgan fingerprint density at radius 3 is 2.03 bits per heavy atom. The summed E-state index contributed by atoms with van der Waals surface area (Å²) >= 11 is 0. The van der Waals surface area contributed by atoms with Crippen LogP contribution in [-0.2, 0) is 0 Å². The highest BCUT2D eigenvalue weighted by Crippen LogP contribution is 2.75. The van der Waals surface area contributed by atoms with E-state index >= 15 is 0 Å². The molecule has 5 nitrogen and oxygen atoms in total. The predicted octanol–water partition coefficient (Wildman–Crippen LogP) is 4.67. The van der Waals surface area contributed by atoms with Crippen LogP contribution >= 0.6 is 0 Å². The van der Waals surface area contributed by atoms with E-state index < -0.39 is 29.5 Å². The minimum atomic E-state index is -0.894. The molecule has 4 aliphatic carbocycles. The summed E-state index contributed by atoms with van der Waals surface area (Å²) in [6, 6.07) is 0. The fourth-order valence-corrected chi connectivity index (χ4v) is 10.7. The van der Waals surface area contributed by atoms with Crippen molar-refractivity contribution in [2.24, 2.45) is 45.3 Å². The van der Waals surface area contributed by atoms with Crippen LogP contribution < -0.4 is 0 Å². The van der Waals surface area contributed by atoms with Crippen molar-refractivity contribution in [3.05, 3.63) is 0 Å². The van der Waals surface area contributed by atoms with Crippen molar-refractivity contribution in [3.8, 4) is 0 Å². The highest BCUT2D eigenvalue weighted by molar-refractivity contribution is 5.21. The first kappa shape index (κ1) is 27.8. The molecule has 0 saturated heterocycles. The van der Waals surface area contributed by atoms with Gasteiger partial charge in [-0.05, 0) is 124 Å². The molecule has 0 unspecified atom stereocenters. The lowest BCUT2D eigenvalue weighted by atomic mass is 9.34. The zero-order chi connectivity index (χ0) is 26.4. The van der Waals surface area contributed by atoms with Crippen LogP contribution in [0.5, 0.6) is 0 Å². The molecule has 35 heavy (non-hydrogen) atoms. The van der Waals surface area contributed by atoms with Gasteiger partial charge in [-0.15, -0.1) is 0 Å². The molecule has 0 aromatic heterocycles. The summed E-state index contributed by atoms with van der Waals surface area (Å²) in [6.45, 7) is 16.8. The lowest BCUT2D eigenvalue weighted by Crippen LogP contribution is -2.69. The number of aliphatic hydroxyl groups is 5. The molecule has 0 aromatic rings. The average molecular weight is 495 g/mol. The third-order valence-corrected chi connectivity index (χ3v) is 12.5. The first-order chi connectivity index (χ1) is 15.8. The molecule has 0 spiro atoms. The van der Waals surface area contributed by atoms with Gasteiger partial charge in [0.2, 0.25) is 0 Å². The number of fused-ring (bicyclic) bond motifs is 5. The van der Waals surface area contributed by atoms with Gasteiger partial charge in [0.25, 0.3) is 0 Å². The summed E-state index contributed by atoms with van der Waals surface area (Å²) in [4.78, 5) is 0. The van der Waals surface area contributed by atoms with Crippen molar-refractivity contribution >= 4 is 0 Å². The molecule has 0 amide bonds. The van der Waals surface area contributed by atoms with Gasteiger partial charge in [0.1, 0.15) is 0 Å². The minimum absolute atomic E-state index is 0.00423. The fraction of sp³-hybridized carbons (Fsp3) is 1.00. The number of aliphatic hydroxyl groups excluding tert-OH is 3. The van der Waals surface area contributed by atoms with Gasteiger partial charge in [0.05, 0.1) is 29.5 Å². The van der Waals surface area contributed by atoms with E-state index in [1.807, 2.05) is 20.8 Å². The van der Waals surface area contributed by atoms with Gasteiger partial charge in [0.15, 0.2) is 0 Å². The second-order valence-corrected chi connectivity index (χ2v) is 15.5. The Kier molecular flexibility index (Phi) is 6.68. The Morgan fingerprint density at radius 2 is 1.43 bits per heavy atom. The minimum Gasteiger partial charge on any atom is -0.393 e. The third kappa shape index (κ3) is 4.06. The Bertz CT molecular complexity index is 801. The van der Waals surface area contributed by atoms with Gasteiger partial charge < -0.3 is 25.5 Å². The van der Waals surface area contributed by atoms with E-state index in [1.54, 1.807) is 0 Å². The van der Waals surface area contributed by atoms with E-state index in [0.29, 0.717) is 25.7 Å². The summed E-state index contributed by atoms with van der Waals surface area (Å²) in [5, 5.41) is 56.2. The topological polar surface area (TPSA) is 101 Å². The van der Waals surface area contributed by atoms with Crippen molar-refractivity contribution < 1.29 is 25.5 Å². The largest absolute Gasteiger partial charge is 0.393 e. The average Bonchev–Trinajstić information content (AvgIpc) is 3.07. The summed E-state index contributed by atoms with van der Waals surface area (Å²) in [6.07, 6.45) is 5.51. The Balaban J connectivity index is 1.66. The van der Waals surface area contributed by atoms with Crippen molar-refractivity contribution in [2.75, 3.05) is 0 Å². The molecule has 0 bridgehead atoms. The van der Waals surface area contributed by atoms with Crippen LogP contribution in [0.25, 0.3) is 0 Å². The molecule has 204 valence electrons. The van der Waals surface area contributed by atoms with Crippen LogP contribution in [-0.4, -0.2) is 55.0 Å². The zero-order valence-electron chi connectivity index (χ0n) is 23.6. The van der Waals surface area contributed by atoms with Crippen LogP contribution in [0, 0.1) is 45.3 Å². The van der Waals surface area contributed by atoms with E-state index in [0.717, 1.165) is 32.1 Å². The SMILES string of the molecule is CC(C)(O)CCC[C@@](C)(O)[C@H]1CC[C@]2(C)[C@@H]1[C@H](O)C[C@@H]1[C@@]3(C)CC[C@H](O)C(C)(C)[C@@H]3[C@@H](O)C[C@]12C. The standard InChI is InChI=1S/C30H54O5/c1-25(2,34)12-9-13-30(8,35)18-10-15-28(6)23(18)19(31)16-21-27(5)14-11-22(33)26(3,4)24(27)20(32)17-29(21,28)7/h18-24,31-35H,9-17H2,1-8H3/t18-,19+,20-,21+,22-,23-,24-,27+,28+,29+,30+/m0/s1. The molecule has 4 saturated carbocycles. The van der Waals surface area contributed by atoms with Gasteiger partial charge in [-0.2, -0.15) is 0 Å². The highest BCUT2D eigenvalue weighted by Gasteiger charge is 2.72. The summed E-state index contributed by atoms with van der Waals surface area (Å²) in [7, 11) is 0. The van der Waals surface area contributed by atoms with Crippen LogP contribution in [0.2, 0.25) is 0 Å². The second-order valence-electron chi connectivity index (χ2n) is 15.5. The maximum atomic E-state index is 11.8. The molecule has 0 radical (unpaired) electrons. The molecule has 4 rings (SSSR count). The molecule has 4 fully saturated rings. The maximum absolute atomic E-state index is 11.8. The zero-order valence-corrected chi connectivity index (χ0v) is 23.6. The summed E-state index contributed by atoms with van der Waals surface area (Å²) in [5.41, 5.74) is -2.45. The van der Waals surface area contributed by atoms with Crippen LogP contribution in [0.15, 0.2) is 0 Å². The molecule has 5 heteroatoms. The van der Waals surface area contributed by atoms with Gasteiger partial charge in [0, 0.05) is 0 Å². The lowest BCUT2D eigenvalue weighted by Gasteiger charge is -2.71. The predicted molar refractivity (Wildman–Crippen MR) is 139 cm³/mol. The molecule has 0 aromatic carbocycles. The monoisotopic (exact) mass is 494 g/mol. The van der Waals surface area contributed by atoms with Gasteiger partial charge in [-0.25, -0.2) is 0 Å². The molecule has 0 aliphatic heterocycles. The van der Waals surface area contributed by atoms with Crippen molar-refractivity contribution in [1.82, 2.24) is 0 Å². The highest BCUT2D eigenvalue weighted by atomic mass is 16.3. The first-order valence-corrected chi connectivity index (χ1v) is 14.3. The van der Waals surface area contributed by atoms with E-state index in [-0.39, 0.29) is 45.3 Å². The molecule has 5 N–H and O–H groups in total. The van der Waals surface area contributed by atoms with Crippen molar-refractivity contribution in [2.45, 2.75) is 143 Å². The summed E-state index contributed by atoms with van der Waals surface area (Å²) in [5.74, 6) is 0.279. The van der Waals surface area contributed by atoms with Crippen LogP contribution in [0.4, 0.5) is 0 Å². The van der Waals surface area contributed by atoms with Gasteiger partial charge in [-0.1, -0.05) is 34.6 Å². The Morgan fingerprint density at radius 1 is 0.800 bits per heavy atom. The number of rotatable bonds is 5. The van der Waals surface area contributed by atoms with Gasteiger partial charge in [-0.3, -0.25) is 0 Å². The number of hydrogen-bond donors (Lipinski definition) is 5. The maximum Gasteiger partial charge on any atom is 0.0651 e. The Hall–Kier alpha value is -0.200. The molecule has 0 heterocycles. The molecule has 11 atom stereocenters. The number of hydrogen-bond acceptors (Lipinski definition) is 5. The van der Waals surface area contributed by atoms with E-state index in [9.17, 15) is 25.5 Å². The van der Waals surface area contributed by atoms with Crippen LogP contribution in [0.3, 0.4) is 0 Å². The molecular weight excluding hydrogens is 440 g/mol. The Labute approximate surface area is 213 Å². The van der Waals surface area contributed by atoms with Gasteiger partial charge >= 0.3 is 0 Å². The van der Waals surface area contributed by atoms with Crippen LogP contribution in [0.1, 0.15) is 113 Å². The summed E-state index contributed by atoms with van der Waals surface area (Å²) < 4.78 is 0.